The number of fused-ring (bicyclic) bond motifs is 1. The Bertz CT molecular complexity index is 798. The molecule has 1 amide bonds. The number of esters is 1. The molecule has 2 aromatic rings. The van der Waals surface area contributed by atoms with Crippen LogP contribution in [-0.2, 0) is 27.8 Å². The summed E-state index contributed by atoms with van der Waals surface area (Å²) in [4.78, 5) is 35.5. The highest BCUT2D eigenvalue weighted by molar-refractivity contribution is 5.87. The molecule has 24 heavy (non-hydrogen) atoms. The summed E-state index contributed by atoms with van der Waals surface area (Å²) in [6.07, 6.45) is 1.76. The first kappa shape index (κ1) is 17.7. The van der Waals surface area contributed by atoms with Gasteiger partial charge in [0.2, 0.25) is 0 Å². The van der Waals surface area contributed by atoms with Gasteiger partial charge >= 0.3 is 5.97 Å². The van der Waals surface area contributed by atoms with Gasteiger partial charge in [-0.25, -0.2) is 4.68 Å². The maximum Gasteiger partial charge on any atom is 0.312 e. The second-order valence-electron chi connectivity index (χ2n) is 5.46. The molecule has 0 spiro atoms. The van der Waals surface area contributed by atoms with Crippen molar-refractivity contribution in [2.75, 3.05) is 13.2 Å². The lowest BCUT2D eigenvalue weighted by atomic mass is 10.1. The van der Waals surface area contributed by atoms with Gasteiger partial charge in [0.25, 0.3) is 11.5 Å². The van der Waals surface area contributed by atoms with Crippen molar-refractivity contribution in [1.29, 1.82) is 0 Å². The van der Waals surface area contributed by atoms with Crippen LogP contribution in [0.5, 0.6) is 0 Å². The molecule has 1 aromatic carbocycles. The summed E-state index contributed by atoms with van der Waals surface area (Å²) in [6, 6.07) is 6.96. The molecule has 1 heterocycles. The molecule has 1 N–H and O–H groups in total. The summed E-state index contributed by atoms with van der Waals surface area (Å²) in [5.74, 6) is -0.882. The lowest BCUT2D eigenvalue weighted by molar-refractivity contribution is -0.147. The van der Waals surface area contributed by atoms with E-state index in [0.29, 0.717) is 23.0 Å². The molecule has 0 saturated heterocycles. The summed E-state index contributed by atoms with van der Waals surface area (Å²) < 4.78 is 6.18. The smallest absolute Gasteiger partial charge is 0.312 e. The molecule has 0 aliphatic carbocycles. The fourth-order valence-corrected chi connectivity index (χ4v) is 2.30. The quantitative estimate of drug-likeness (QED) is 0.602. The minimum Gasteiger partial charge on any atom is -0.455 e. The van der Waals surface area contributed by atoms with Crippen molar-refractivity contribution in [2.45, 2.75) is 26.2 Å². The van der Waals surface area contributed by atoms with E-state index in [0.717, 1.165) is 12.8 Å². The van der Waals surface area contributed by atoms with Crippen LogP contribution in [-0.4, -0.2) is 34.8 Å². The Kier molecular flexibility index (Phi) is 6.06. The Morgan fingerprint density at radius 1 is 1.25 bits per heavy atom. The van der Waals surface area contributed by atoms with Crippen molar-refractivity contribution >= 4 is 22.6 Å². The third-order valence-corrected chi connectivity index (χ3v) is 3.56. The van der Waals surface area contributed by atoms with Crippen molar-refractivity contribution in [1.82, 2.24) is 15.1 Å². The van der Waals surface area contributed by atoms with Crippen LogP contribution >= 0.6 is 0 Å². The Morgan fingerprint density at radius 3 is 2.67 bits per heavy atom. The van der Waals surface area contributed by atoms with Gasteiger partial charge in [0.05, 0.1) is 17.5 Å². The molecule has 0 aliphatic rings. The van der Waals surface area contributed by atoms with E-state index in [4.69, 9.17) is 4.74 Å². The second-order valence-corrected chi connectivity index (χ2v) is 5.46. The number of carbonyl (C=O) groups excluding carboxylic acids is 2. The number of carbonyl (C=O) groups is 2. The predicted molar refractivity (Wildman–Crippen MR) is 89.6 cm³/mol. The Morgan fingerprint density at radius 2 is 1.96 bits per heavy atom. The van der Waals surface area contributed by atoms with Crippen molar-refractivity contribution in [3.8, 4) is 0 Å². The van der Waals surface area contributed by atoms with Crippen molar-refractivity contribution in [2.24, 2.45) is 7.05 Å². The molecule has 0 radical (unpaired) electrons. The molecule has 1 aromatic heterocycles. The first-order valence-electron chi connectivity index (χ1n) is 7.90. The first-order valence-corrected chi connectivity index (χ1v) is 7.90. The monoisotopic (exact) mass is 331 g/mol. The number of nitrogens with one attached hydrogen (secondary N) is 1. The van der Waals surface area contributed by atoms with Crippen LogP contribution in [0.3, 0.4) is 0 Å². The highest BCUT2D eigenvalue weighted by atomic mass is 16.5. The number of amides is 1. The van der Waals surface area contributed by atoms with E-state index in [9.17, 15) is 14.4 Å². The van der Waals surface area contributed by atoms with Gasteiger partial charge < -0.3 is 10.1 Å². The third kappa shape index (κ3) is 4.41. The minimum atomic E-state index is -0.558. The summed E-state index contributed by atoms with van der Waals surface area (Å²) in [7, 11) is 1.53. The highest BCUT2D eigenvalue weighted by Crippen LogP contribution is 2.13. The number of aryl methyl sites for hydroxylation is 1. The van der Waals surface area contributed by atoms with Crippen LogP contribution in [0, 0.1) is 0 Å². The van der Waals surface area contributed by atoms with Crippen LogP contribution in [0.1, 0.15) is 25.5 Å². The number of hydrogen-bond donors (Lipinski definition) is 1. The van der Waals surface area contributed by atoms with Gasteiger partial charge in [0.15, 0.2) is 6.61 Å². The number of benzene rings is 1. The molecule has 7 nitrogen and oxygen atoms in total. The normalized spacial score (nSPS) is 10.6. The fraction of sp³-hybridized carbons (Fsp3) is 0.412. The van der Waals surface area contributed by atoms with Crippen LogP contribution in [0.25, 0.3) is 10.8 Å². The molecule has 0 atom stereocenters. The molecule has 0 bridgehead atoms. The first-order chi connectivity index (χ1) is 11.5. The van der Waals surface area contributed by atoms with Crippen LogP contribution in [0.2, 0.25) is 0 Å². The Labute approximate surface area is 139 Å². The molecule has 7 heteroatoms. The second kappa shape index (κ2) is 8.24. The van der Waals surface area contributed by atoms with Gasteiger partial charge in [0, 0.05) is 19.0 Å². The maximum atomic E-state index is 12.0. The predicted octanol–water partition coefficient (Wildman–Crippen LogP) is 0.936. The number of unbranched alkanes of at least 4 members (excludes halogenated alkanes) is 1. The van der Waals surface area contributed by atoms with E-state index in [1.165, 1.54) is 11.7 Å². The fourth-order valence-electron chi connectivity index (χ4n) is 2.30. The van der Waals surface area contributed by atoms with E-state index in [1.807, 2.05) is 6.92 Å². The summed E-state index contributed by atoms with van der Waals surface area (Å²) in [5, 5.41) is 7.91. The van der Waals surface area contributed by atoms with E-state index in [2.05, 4.69) is 10.4 Å². The minimum absolute atomic E-state index is 0.100. The van der Waals surface area contributed by atoms with E-state index >= 15 is 0 Å². The summed E-state index contributed by atoms with van der Waals surface area (Å²) in [5.41, 5.74) is 0.224. The largest absolute Gasteiger partial charge is 0.455 e. The molecule has 0 fully saturated rings. The van der Waals surface area contributed by atoms with Crippen LogP contribution in [0.15, 0.2) is 29.1 Å². The molecule has 0 aliphatic heterocycles. The molecular weight excluding hydrogens is 310 g/mol. The molecule has 2 rings (SSSR count). The summed E-state index contributed by atoms with van der Waals surface area (Å²) in [6.45, 7) is 2.28. The zero-order valence-electron chi connectivity index (χ0n) is 13.9. The standard InChI is InChI=1S/C17H21N3O4/c1-3-4-9-18-15(21)11-24-16(22)10-14-12-7-5-6-8-13(12)17(23)20(2)19-14/h5-8H,3-4,9-11H2,1-2H3,(H,18,21). The zero-order chi connectivity index (χ0) is 17.5. The molecule has 128 valence electrons. The zero-order valence-corrected chi connectivity index (χ0v) is 13.9. The topological polar surface area (TPSA) is 90.3 Å². The number of aromatic nitrogens is 2. The SMILES string of the molecule is CCCCNC(=O)COC(=O)Cc1nn(C)c(=O)c2ccccc12. The van der Waals surface area contributed by atoms with Gasteiger partial charge in [-0.15, -0.1) is 0 Å². The van der Waals surface area contributed by atoms with Crippen molar-refractivity contribution < 1.29 is 14.3 Å². The van der Waals surface area contributed by atoms with Crippen molar-refractivity contribution in [3.05, 3.63) is 40.3 Å². The number of ether oxygens (including phenoxy) is 1. The number of nitrogens with zero attached hydrogens (tertiary/aromatic N) is 2. The van der Waals surface area contributed by atoms with Gasteiger partial charge in [-0.1, -0.05) is 31.5 Å². The maximum absolute atomic E-state index is 12.0. The average Bonchev–Trinajstić information content (AvgIpc) is 2.58. The molecular formula is C17H21N3O4. The van der Waals surface area contributed by atoms with Gasteiger partial charge in [-0.05, 0) is 12.5 Å². The van der Waals surface area contributed by atoms with E-state index < -0.39 is 5.97 Å². The van der Waals surface area contributed by atoms with Gasteiger partial charge in [-0.2, -0.15) is 5.10 Å². The molecule has 0 saturated carbocycles. The lowest BCUT2D eigenvalue weighted by Gasteiger charge is -2.08. The summed E-state index contributed by atoms with van der Waals surface area (Å²) >= 11 is 0. The number of hydrogen-bond acceptors (Lipinski definition) is 5. The van der Waals surface area contributed by atoms with E-state index in [-0.39, 0.29) is 24.5 Å². The number of rotatable bonds is 7. The van der Waals surface area contributed by atoms with Gasteiger partial charge in [-0.3, -0.25) is 14.4 Å². The van der Waals surface area contributed by atoms with Crippen LogP contribution in [0.4, 0.5) is 0 Å². The van der Waals surface area contributed by atoms with Crippen LogP contribution < -0.4 is 10.9 Å². The van der Waals surface area contributed by atoms with Gasteiger partial charge in [0.1, 0.15) is 0 Å². The Hall–Kier alpha value is -2.70. The van der Waals surface area contributed by atoms with Crippen molar-refractivity contribution in [3.63, 3.8) is 0 Å². The average molecular weight is 331 g/mol. The lowest BCUT2D eigenvalue weighted by Crippen LogP contribution is -2.30. The Balaban J connectivity index is 2.02. The molecule has 0 unspecified atom stereocenters. The third-order valence-electron chi connectivity index (χ3n) is 3.56. The van der Waals surface area contributed by atoms with E-state index in [1.54, 1.807) is 24.3 Å². The highest BCUT2D eigenvalue weighted by Gasteiger charge is 2.14.